The number of ether oxygens (including phenoxy) is 1. The van der Waals surface area contributed by atoms with Crippen LogP contribution in [0.25, 0.3) is 0 Å². The van der Waals surface area contributed by atoms with Gasteiger partial charge in [-0.25, -0.2) is 4.79 Å². The number of imide groups is 1. The summed E-state index contributed by atoms with van der Waals surface area (Å²) < 4.78 is 5.57. The third-order valence-electron chi connectivity index (χ3n) is 5.99. The molecular weight excluding hydrogens is 412 g/mol. The van der Waals surface area contributed by atoms with E-state index in [9.17, 15) is 19.2 Å². The first-order chi connectivity index (χ1) is 15.1. The number of carbonyl (C=O) groups is 4. The van der Waals surface area contributed by atoms with E-state index in [1.165, 1.54) is 4.90 Å². The fraction of sp³-hybridized carbons (Fsp3) is 0.565. The van der Waals surface area contributed by atoms with Crippen LogP contribution in [0, 0.1) is 0 Å². The first-order valence-electron chi connectivity index (χ1n) is 11.2. The van der Waals surface area contributed by atoms with Crippen molar-refractivity contribution in [2.75, 3.05) is 11.9 Å². The zero-order chi connectivity index (χ0) is 23.0. The van der Waals surface area contributed by atoms with Crippen molar-refractivity contribution in [3.8, 4) is 0 Å². The number of benzene rings is 1. The molecule has 2 N–H and O–H groups in total. The minimum Gasteiger partial charge on any atom is -0.444 e. The molecule has 9 nitrogen and oxygen atoms in total. The van der Waals surface area contributed by atoms with E-state index in [2.05, 4.69) is 10.6 Å². The summed E-state index contributed by atoms with van der Waals surface area (Å²) >= 11 is 0. The van der Waals surface area contributed by atoms with Crippen LogP contribution in [0.4, 0.5) is 10.5 Å². The molecule has 0 aromatic heterocycles. The largest absolute Gasteiger partial charge is 0.444 e. The number of piperidine rings is 2. The minimum atomic E-state index is -0.634. The van der Waals surface area contributed by atoms with Crippen molar-refractivity contribution in [2.24, 2.45) is 0 Å². The number of rotatable bonds is 3. The summed E-state index contributed by atoms with van der Waals surface area (Å²) in [6.45, 7) is 6.49. The molecule has 3 aliphatic heterocycles. The maximum Gasteiger partial charge on any atom is 0.411 e. The number of amides is 4. The van der Waals surface area contributed by atoms with Gasteiger partial charge in [-0.1, -0.05) is 0 Å². The van der Waals surface area contributed by atoms with Crippen LogP contribution in [0.5, 0.6) is 0 Å². The Labute approximate surface area is 187 Å². The maximum absolute atomic E-state index is 12.9. The van der Waals surface area contributed by atoms with Gasteiger partial charge >= 0.3 is 6.09 Å². The second-order valence-electron chi connectivity index (χ2n) is 9.60. The number of fused-ring (bicyclic) bond motifs is 1. The SMILES string of the molecule is CC(C)(C)OC(=O)N1CCCCC1Nc1ccc2c(c1)CN(C1CCC(=O)NC1=O)C2=O. The van der Waals surface area contributed by atoms with E-state index in [4.69, 9.17) is 4.74 Å². The monoisotopic (exact) mass is 442 g/mol. The zero-order valence-electron chi connectivity index (χ0n) is 18.8. The van der Waals surface area contributed by atoms with Gasteiger partial charge < -0.3 is 15.0 Å². The van der Waals surface area contributed by atoms with Crippen molar-refractivity contribution in [2.45, 2.75) is 77.2 Å². The van der Waals surface area contributed by atoms with Crippen LogP contribution in [0.15, 0.2) is 18.2 Å². The van der Waals surface area contributed by atoms with Crippen LogP contribution in [0.1, 0.15) is 68.8 Å². The molecule has 0 spiro atoms. The molecule has 9 heteroatoms. The fourth-order valence-electron chi connectivity index (χ4n) is 4.48. The van der Waals surface area contributed by atoms with E-state index >= 15 is 0 Å². The van der Waals surface area contributed by atoms with Crippen molar-refractivity contribution in [3.05, 3.63) is 29.3 Å². The van der Waals surface area contributed by atoms with Crippen molar-refractivity contribution in [1.29, 1.82) is 0 Å². The second kappa shape index (κ2) is 8.44. The highest BCUT2D eigenvalue weighted by molar-refractivity contribution is 6.05. The van der Waals surface area contributed by atoms with E-state index in [1.54, 1.807) is 11.0 Å². The Morgan fingerprint density at radius 2 is 1.94 bits per heavy atom. The Kier molecular flexibility index (Phi) is 5.83. The first-order valence-corrected chi connectivity index (χ1v) is 11.2. The highest BCUT2D eigenvalue weighted by Gasteiger charge is 2.39. The van der Waals surface area contributed by atoms with E-state index in [-0.39, 0.29) is 30.5 Å². The standard InChI is InChI=1S/C23H30N4O5/c1-23(2,3)32-22(31)26-11-5-4-6-18(26)24-15-7-8-16-14(12-15)13-27(21(16)30)17-9-10-19(28)25-20(17)29/h7-8,12,17-18,24H,4-6,9-11,13H2,1-3H3,(H,25,28,29). The maximum atomic E-state index is 12.9. The molecule has 0 saturated carbocycles. The summed E-state index contributed by atoms with van der Waals surface area (Å²) in [5, 5.41) is 5.74. The Morgan fingerprint density at radius 3 is 2.66 bits per heavy atom. The average Bonchev–Trinajstić information content (AvgIpc) is 3.03. The Balaban J connectivity index is 1.47. The summed E-state index contributed by atoms with van der Waals surface area (Å²) in [6.07, 6.45) is 2.77. The van der Waals surface area contributed by atoms with Gasteiger partial charge in [-0.15, -0.1) is 0 Å². The molecule has 3 aliphatic rings. The van der Waals surface area contributed by atoms with Gasteiger partial charge in [0.05, 0.1) is 0 Å². The van der Waals surface area contributed by atoms with Gasteiger partial charge in [-0.05, 0) is 70.2 Å². The van der Waals surface area contributed by atoms with E-state index in [0.717, 1.165) is 30.5 Å². The number of nitrogens with zero attached hydrogens (tertiary/aromatic N) is 2. The van der Waals surface area contributed by atoms with Crippen LogP contribution in [0.2, 0.25) is 0 Å². The summed E-state index contributed by atoms with van der Waals surface area (Å²) in [7, 11) is 0. The van der Waals surface area contributed by atoms with Gasteiger partial charge in [-0.3, -0.25) is 24.6 Å². The van der Waals surface area contributed by atoms with Crippen molar-refractivity contribution >= 4 is 29.5 Å². The molecule has 0 radical (unpaired) electrons. The number of hydrogen-bond acceptors (Lipinski definition) is 6. The molecular formula is C23H30N4O5. The molecule has 172 valence electrons. The van der Waals surface area contributed by atoms with Gasteiger partial charge in [0.25, 0.3) is 5.91 Å². The lowest BCUT2D eigenvalue weighted by atomic mass is 10.0. The van der Waals surface area contributed by atoms with E-state index < -0.39 is 17.6 Å². The smallest absolute Gasteiger partial charge is 0.411 e. The minimum absolute atomic E-state index is 0.194. The quantitative estimate of drug-likeness (QED) is 0.697. The summed E-state index contributed by atoms with van der Waals surface area (Å²) in [4.78, 5) is 52.5. The first kappa shape index (κ1) is 22.1. The van der Waals surface area contributed by atoms with Crippen LogP contribution < -0.4 is 10.6 Å². The predicted molar refractivity (Wildman–Crippen MR) is 117 cm³/mol. The number of anilines is 1. The second-order valence-corrected chi connectivity index (χ2v) is 9.60. The van der Waals surface area contributed by atoms with Gasteiger partial charge in [0, 0.05) is 30.8 Å². The van der Waals surface area contributed by atoms with Gasteiger partial charge in [0.2, 0.25) is 11.8 Å². The lowest BCUT2D eigenvalue weighted by molar-refractivity contribution is -0.136. The van der Waals surface area contributed by atoms with Gasteiger partial charge in [-0.2, -0.15) is 0 Å². The molecule has 2 atom stereocenters. The molecule has 1 aromatic carbocycles. The molecule has 2 fully saturated rings. The van der Waals surface area contributed by atoms with E-state index in [1.807, 2.05) is 32.9 Å². The van der Waals surface area contributed by atoms with E-state index in [0.29, 0.717) is 25.1 Å². The molecule has 3 heterocycles. The molecule has 32 heavy (non-hydrogen) atoms. The third kappa shape index (κ3) is 4.56. The topological polar surface area (TPSA) is 108 Å². The normalized spacial score (nSPS) is 23.7. The Hall–Kier alpha value is -3.10. The predicted octanol–water partition coefficient (Wildman–Crippen LogP) is 2.61. The molecule has 4 rings (SSSR count). The van der Waals surface area contributed by atoms with Gasteiger partial charge in [0.15, 0.2) is 0 Å². The number of nitrogens with one attached hydrogen (secondary N) is 2. The Bertz CT molecular complexity index is 954. The molecule has 2 saturated heterocycles. The summed E-state index contributed by atoms with van der Waals surface area (Å²) in [5.41, 5.74) is 1.63. The van der Waals surface area contributed by atoms with Gasteiger partial charge in [0.1, 0.15) is 17.8 Å². The third-order valence-corrected chi connectivity index (χ3v) is 5.99. The van der Waals surface area contributed by atoms with Crippen molar-refractivity contribution < 1.29 is 23.9 Å². The average molecular weight is 443 g/mol. The lowest BCUT2D eigenvalue weighted by Gasteiger charge is -2.37. The molecule has 4 amide bonds. The zero-order valence-corrected chi connectivity index (χ0v) is 18.8. The fourth-order valence-corrected chi connectivity index (χ4v) is 4.48. The van der Waals surface area contributed by atoms with Crippen LogP contribution in [0.3, 0.4) is 0 Å². The highest BCUT2D eigenvalue weighted by atomic mass is 16.6. The van der Waals surface area contributed by atoms with Crippen LogP contribution in [-0.2, 0) is 20.9 Å². The molecule has 0 bridgehead atoms. The van der Waals surface area contributed by atoms with Crippen molar-refractivity contribution in [1.82, 2.24) is 15.1 Å². The van der Waals surface area contributed by atoms with Crippen LogP contribution in [-0.4, -0.2) is 58.0 Å². The number of likely N-dealkylation sites (tertiary alicyclic amines) is 1. The summed E-state index contributed by atoms with van der Waals surface area (Å²) in [5.74, 6) is -0.922. The molecule has 2 unspecified atom stereocenters. The number of hydrogen-bond donors (Lipinski definition) is 2. The molecule has 0 aliphatic carbocycles. The summed E-state index contributed by atoms with van der Waals surface area (Å²) in [6, 6.07) is 4.85. The van der Waals surface area contributed by atoms with Crippen LogP contribution >= 0.6 is 0 Å². The lowest BCUT2D eigenvalue weighted by Crippen LogP contribution is -2.52. The van der Waals surface area contributed by atoms with Crippen molar-refractivity contribution in [3.63, 3.8) is 0 Å². The number of carbonyl (C=O) groups excluding carboxylic acids is 4. The highest BCUT2D eigenvalue weighted by Crippen LogP contribution is 2.30. The Morgan fingerprint density at radius 1 is 1.16 bits per heavy atom. The molecule has 1 aromatic rings.